The number of hydrogen-bond donors (Lipinski definition) is 2. The maximum atomic E-state index is 12.3. The van der Waals surface area contributed by atoms with Gasteiger partial charge in [-0.1, -0.05) is 135 Å². The third kappa shape index (κ3) is 39.2. The van der Waals surface area contributed by atoms with Gasteiger partial charge in [0.2, 0.25) is 0 Å². The van der Waals surface area contributed by atoms with Crippen molar-refractivity contribution in [2.75, 3.05) is 13.2 Å². The molecule has 0 aliphatic heterocycles. The van der Waals surface area contributed by atoms with E-state index in [1.54, 1.807) is 0 Å². The first-order valence-electron chi connectivity index (χ1n) is 18.8. The van der Waals surface area contributed by atoms with Crippen LogP contribution in [-0.2, 0) is 28.2 Å². The van der Waals surface area contributed by atoms with Crippen LogP contribution in [0.25, 0.3) is 0 Å². The molecule has 1 atom stereocenters. The second-order valence-corrected chi connectivity index (χ2v) is 13.0. The van der Waals surface area contributed by atoms with E-state index >= 15 is 0 Å². The molecule has 52 heavy (non-hydrogen) atoms. The zero-order chi connectivity index (χ0) is 38.2. The number of carbonyl (C=O) groups excluding carboxylic acids is 2. The normalized spacial score (nSPS) is 13.8. The van der Waals surface area contributed by atoms with Gasteiger partial charge in [0.05, 0.1) is 6.61 Å². The number of unbranched alkanes of at least 4 members (excludes halogenated alkanes) is 2. The third-order valence-electron chi connectivity index (χ3n) is 6.99. The molecule has 0 heterocycles. The zero-order valence-electron chi connectivity index (χ0n) is 31.6. The number of esters is 2. The molecule has 0 fully saturated rings. The summed E-state index contributed by atoms with van der Waals surface area (Å²) in [5.41, 5.74) is 0. The van der Waals surface area contributed by atoms with E-state index in [4.69, 9.17) is 19.3 Å². The van der Waals surface area contributed by atoms with Crippen molar-refractivity contribution in [2.24, 2.45) is 0 Å². The summed E-state index contributed by atoms with van der Waals surface area (Å²) in [7, 11) is -4.79. The molecular weight excluding hydrogens is 675 g/mol. The molecule has 290 valence electrons. The molecule has 0 aliphatic carbocycles. The van der Waals surface area contributed by atoms with E-state index in [0.29, 0.717) is 12.8 Å². The van der Waals surface area contributed by atoms with Gasteiger partial charge in [0, 0.05) is 12.8 Å². The Hall–Kier alpha value is -3.55. The minimum absolute atomic E-state index is 0.0693. The molecule has 0 saturated heterocycles. The van der Waals surface area contributed by atoms with Crippen LogP contribution in [0.1, 0.15) is 117 Å². The second kappa shape index (κ2) is 37.2. The van der Waals surface area contributed by atoms with Crippen LogP contribution in [0.4, 0.5) is 0 Å². The third-order valence-corrected chi connectivity index (χ3v) is 7.47. The van der Waals surface area contributed by atoms with Crippen LogP contribution < -0.4 is 0 Å². The highest BCUT2D eigenvalue weighted by Crippen LogP contribution is 2.35. The number of carbonyl (C=O) groups is 2. The lowest BCUT2D eigenvalue weighted by atomic mass is 10.2. The number of hydrogen-bond acceptors (Lipinski definition) is 6. The molecule has 2 N–H and O–H groups in total. The molecule has 0 aromatic carbocycles. The van der Waals surface area contributed by atoms with Crippen molar-refractivity contribution in [3.8, 4) is 0 Å². The van der Waals surface area contributed by atoms with Crippen molar-refractivity contribution in [1.29, 1.82) is 0 Å². The van der Waals surface area contributed by atoms with Crippen molar-refractivity contribution in [3.05, 3.63) is 122 Å². The Morgan fingerprint density at radius 3 is 1.29 bits per heavy atom. The van der Waals surface area contributed by atoms with E-state index in [2.05, 4.69) is 128 Å². The first-order valence-corrected chi connectivity index (χ1v) is 20.4. The van der Waals surface area contributed by atoms with Crippen molar-refractivity contribution >= 4 is 19.8 Å². The fraction of sp³-hybridized carbons (Fsp3) is 0.488. The Labute approximate surface area is 314 Å². The van der Waals surface area contributed by atoms with Gasteiger partial charge >= 0.3 is 19.8 Å². The Balaban J connectivity index is 4.21. The van der Waals surface area contributed by atoms with Gasteiger partial charge in [0.15, 0.2) is 6.10 Å². The van der Waals surface area contributed by atoms with Crippen LogP contribution in [0.2, 0.25) is 0 Å². The predicted octanol–water partition coefficient (Wildman–Crippen LogP) is 11.4. The SMILES string of the molecule is CC/C=C\C/C=C\C/C=C\C/C=C\C/C=C\C/C=C\CCC(=O)O[C@H](COC(=O)CCCC/C=C\C/C=C\C/C=C\C/C=C\CC)COP(=O)(O)O. The van der Waals surface area contributed by atoms with E-state index < -0.39 is 32.5 Å². The summed E-state index contributed by atoms with van der Waals surface area (Å²) in [5.74, 6) is -1.05. The molecule has 8 nitrogen and oxygen atoms in total. The summed E-state index contributed by atoms with van der Waals surface area (Å²) in [4.78, 5) is 42.7. The molecule has 0 bridgehead atoms. The van der Waals surface area contributed by atoms with Crippen molar-refractivity contribution in [1.82, 2.24) is 0 Å². The lowest BCUT2D eigenvalue weighted by Gasteiger charge is -2.18. The van der Waals surface area contributed by atoms with Gasteiger partial charge in [-0.3, -0.25) is 14.1 Å². The molecule has 0 radical (unpaired) electrons. The van der Waals surface area contributed by atoms with E-state index in [0.717, 1.165) is 77.0 Å². The quantitative estimate of drug-likeness (QED) is 0.0303. The highest BCUT2D eigenvalue weighted by Gasteiger charge is 2.22. The number of phosphoric acid groups is 1. The van der Waals surface area contributed by atoms with E-state index in [9.17, 15) is 14.2 Å². The first-order chi connectivity index (χ1) is 25.3. The minimum atomic E-state index is -4.79. The largest absolute Gasteiger partial charge is 0.469 e. The fourth-order valence-corrected chi connectivity index (χ4v) is 4.63. The Kier molecular flexibility index (Phi) is 34.7. The monoisotopic (exact) mass is 740 g/mol. The molecule has 0 aromatic heterocycles. The van der Waals surface area contributed by atoms with Crippen LogP contribution in [0.3, 0.4) is 0 Å². The van der Waals surface area contributed by atoms with Crippen molar-refractivity contribution in [3.63, 3.8) is 0 Å². The zero-order valence-corrected chi connectivity index (χ0v) is 32.5. The summed E-state index contributed by atoms with van der Waals surface area (Å²) in [6.45, 7) is 3.32. The summed E-state index contributed by atoms with van der Waals surface area (Å²) >= 11 is 0. The van der Waals surface area contributed by atoms with Gasteiger partial charge in [-0.2, -0.15) is 0 Å². The number of allylic oxidation sites excluding steroid dienone is 20. The summed E-state index contributed by atoms with van der Waals surface area (Å²) in [5, 5.41) is 0. The second-order valence-electron chi connectivity index (χ2n) is 11.8. The maximum absolute atomic E-state index is 12.3. The van der Waals surface area contributed by atoms with Crippen LogP contribution in [0, 0.1) is 0 Å². The lowest BCUT2D eigenvalue weighted by molar-refractivity contribution is -0.161. The van der Waals surface area contributed by atoms with E-state index in [1.807, 2.05) is 12.2 Å². The predicted molar refractivity (Wildman–Crippen MR) is 215 cm³/mol. The summed E-state index contributed by atoms with van der Waals surface area (Å²) < 4.78 is 26.2. The highest BCUT2D eigenvalue weighted by molar-refractivity contribution is 7.46. The van der Waals surface area contributed by atoms with E-state index in [1.165, 1.54) is 0 Å². The van der Waals surface area contributed by atoms with Crippen LogP contribution in [0.5, 0.6) is 0 Å². The average molecular weight is 741 g/mol. The fourth-order valence-electron chi connectivity index (χ4n) is 4.27. The molecule has 9 heteroatoms. The van der Waals surface area contributed by atoms with Crippen LogP contribution in [-0.4, -0.2) is 41.0 Å². The van der Waals surface area contributed by atoms with Crippen LogP contribution in [0.15, 0.2) is 122 Å². The number of rotatable bonds is 32. The maximum Gasteiger partial charge on any atom is 0.469 e. The number of ether oxygens (including phenoxy) is 2. The van der Waals surface area contributed by atoms with Gasteiger partial charge in [-0.05, 0) is 89.9 Å². The van der Waals surface area contributed by atoms with Crippen molar-refractivity contribution in [2.45, 2.75) is 123 Å². The Bertz CT molecular complexity index is 1240. The van der Waals surface area contributed by atoms with Gasteiger partial charge in [-0.25, -0.2) is 4.57 Å². The standard InChI is InChI=1S/C43H65O8P/c1-3-5-7-9-11-13-15-17-19-20-21-22-24-26-28-30-32-34-36-38-43(45)51-41(40-50-52(46,47)48)39-49-42(44)37-35-33-31-29-27-25-23-18-16-14-12-10-8-6-4-2/h5-8,11-14,17-19,21-23,26-29,32,34,41H,3-4,9-10,15-16,20,24-25,30-31,33,35-40H2,1-2H3,(H2,46,47,48)/b7-5-,8-6-,13-11-,14-12-,19-17-,22-21-,23-18-,28-26-,29-27-,34-32-/t41-/m1/s1. The van der Waals surface area contributed by atoms with Crippen LogP contribution >= 0.6 is 7.82 Å². The molecule has 0 aliphatic rings. The molecule has 0 saturated carbocycles. The van der Waals surface area contributed by atoms with Gasteiger partial charge < -0.3 is 19.3 Å². The van der Waals surface area contributed by atoms with E-state index in [-0.39, 0.29) is 19.4 Å². The van der Waals surface area contributed by atoms with Crippen molar-refractivity contribution < 1.29 is 37.9 Å². The molecule has 0 spiro atoms. The molecule has 0 aromatic rings. The topological polar surface area (TPSA) is 119 Å². The summed E-state index contributed by atoms with van der Waals surface area (Å²) in [6.07, 6.45) is 53.6. The minimum Gasteiger partial charge on any atom is -0.462 e. The van der Waals surface area contributed by atoms with Gasteiger partial charge in [-0.15, -0.1) is 0 Å². The van der Waals surface area contributed by atoms with Gasteiger partial charge in [0.1, 0.15) is 6.61 Å². The van der Waals surface area contributed by atoms with Gasteiger partial charge in [0.25, 0.3) is 0 Å². The summed E-state index contributed by atoms with van der Waals surface area (Å²) in [6, 6.07) is 0. The molecule has 0 unspecified atom stereocenters. The Morgan fingerprint density at radius 2 is 0.885 bits per heavy atom. The first kappa shape index (κ1) is 48.5. The Morgan fingerprint density at radius 1 is 0.500 bits per heavy atom. The number of phosphoric ester groups is 1. The lowest BCUT2D eigenvalue weighted by Crippen LogP contribution is -2.29. The molecular formula is C43H65O8P. The highest BCUT2D eigenvalue weighted by atomic mass is 31.2. The average Bonchev–Trinajstić information content (AvgIpc) is 3.11. The smallest absolute Gasteiger partial charge is 0.462 e. The molecule has 0 rings (SSSR count). The molecule has 0 amide bonds.